The Hall–Kier alpha value is -2.04. The van der Waals surface area contributed by atoms with Crippen LogP contribution in [0.4, 0.5) is 5.82 Å². The molecule has 1 amide bonds. The van der Waals surface area contributed by atoms with Crippen LogP contribution < -0.4 is 5.32 Å². The number of benzene rings is 1. The molecule has 0 radical (unpaired) electrons. The van der Waals surface area contributed by atoms with Crippen molar-refractivity contribution in [2.75, 3.05) is 5.32 Å². The van der Waals surface area contributed by atoms with Gasteiger partial charge in [0.15, 0.2) is 0 Å². The van der Waals surface area contributed by atoms with E-state index in [1.807, 2.05) is 35.9 Å². The van der Waals surface area contributed by atoms with Gasteiger partial charge < -0.3 is 19.7 Å². The summed E-state index contributed by atoms with van der Waals surface area (Å²) in [5.74, 6) is 0.236. The number of halogens is 1. The molecule has 3 heterocycles. The number of carbonyl (C=O) groups excluding carboxylic acids is 1. The summed E-state index contributed by atoms with van der Waals surface area (Å²) in [6.45, 7) is 1.99. The Labute approximate surface area is 169 Å². The SMILES string of the molecule is CC[C@H]1O[C@@H](n2cc(I)c3c(NC(=O)c4ccccc4)ncnc32)C[C@H]1O. The molecule has 0 unspecified atom stereocenters. The van der Waals surface area contributed by atoms with Crippen LogP contribution in [0.1, 0.15) is 36.4 Å². The Balaban J connectivity index is 1.68. The van der Waals surface area contributed by atoms with Crippen LogP contribution in [-0.4, -0.2) is 37.8 Å². The molecule has 140 valence electrons. The van der Waals surface area contributed by atoms with Gasteiger partial charge in [-0.15, -0.1) is 0 Å². The molecule has 4 rings (SSSR count). The number of anilines is 1. The van der Waals surface area contributed by atoms with E-state index in [4.69, 9.17) is 4.74 Å². The number of amides is 1. The van der Waals surface area contributed by atoms with E-state index >= 15 is 0 Å². The van der Waals surface area contributed by atoms with E-state index in [2.05, 4.69) is 37.9 Å². The molecule has 1 saturated heterocycles. The first kappa shape index (κ1) is 18.3. The maximum Gasteiger partial charge on any atom is 0.256 e. The van der Waals surface area contributed by atoms with Crippen LogP contribution in [0, 0.1) is 3.57 Å². The van der Waals surface area contributed by atoms with E-state index in [9.17, 15) is 9.90 Å². The third-order valence-electron chi connectivity index (χ3n) is 4.75. The number of aromatic nitrogens is 3. The van der Waals surface area contributed by atoms with Gasteiger partial charge in [0, 0.05) is 21.8 Å². The van der Waals surface area contributed by atoms with Crippen molar-refractivity contribution in [3.8, 4) is 0 Å². The molecular weight excluding hydrogens is 459 g/mol. The minimum Gasteiger partial charge on any atom is -0.390 e. The highest BCUT2D eigenvalue weighted by Crippen LogP contribution is 2.36. The minimum absolute atomic E-state index is 0.177. The lowest BCUT2D eigenvalue weighted by Gasteiger charge is -2.14. The highest BCUT2D eigenvalue weighted by molar-refractivity contribution is 14.1. The van der Waals surface area contributed by atoms with Crippen LogP contribution in [0.15, 0.2) is 42.9 Å². The summed E-state index contributed by atoms with van der Waals surface area (Å²) in [4.78, 5) is 21.2. The summed E-state index contributed by atoms with van der Waals surface area (Å²) in [5, 5.41) is 13.8. The molecule has 1 aliphatic rings. The van der Waals surface area contributed by atoms with Crippen LogP contribution in [0.3, 0.4) is 0 Å². The van der Waals surface area contributed by atoms with Gasteiger partial charge in [0.05, 0.1) is 17.6 Å². The van der Waals surface area contributed by atoms with E-state index < -0.39 is 6.10 Å². The number of rotatable bonds is 4. The van der Waals surface area contributed by atoms with Gasteiger partial charge in [0.25, 0.3) is 5.91 Å². The molecule has 1 fully saturated rings. The van der Waals surface area contributed by atoms with Gasteiger partial charge in [-0.2, -0.15) is 0 Å². The minimum atomic E-state index is -0.491. The third-order valence-corrected chi connectivity index (χ3v) is 5.57. The number of carbonyl (C=O) groups is 1. The van der Waals surface area contributed by atoms with Gasteiger partial charge in [0.1, 0.15) is 24.0 Å². The van der Waals surface area contributed by atoms with Crippen molar-refractivity contribution in [1.29, 1.82) is 0 Å². The summed E-state index contributed by atoms with van der Waals surface area (Å²) >= 11 is 2.20. The number of ether oxygens (including phenoxy) is 1. The average Bonchev–Trinajstić information content (AvgIpc) is 3.23. The topological polar surface area (TPSA) is 89.3 Å². The van der Waals surface area contributed by atoms with Gasteiger partial charge in [-0.3, -0.25) is 4.79 Å². The predicted molar refractivity (Wildman–Crippen MR) is 109 cm³/mol. The number of hydrogen-bond donors (Lipinski definition) is 2. The fraction of sp³-hybridized carbons (Fsp3) is 0.316. The van der Waals surface area contributed by atoms with Gasteiger partial charge in [-0.25, -0.2) is 9.97 Å². The molecule has 3 aromatic rings. The largest absolute Gasteiger partial charge is 0.390 e. The molecule has 3 atom stereocenters. The lowest BCUT2D eigenvalue weighted by atomic mass is 10.1. The number of nitrogens with zero attached hydrogens (tertiary/aromatic N) is 3. The summed E-state index contributed by atoms with van der Waals surface area (Å²) in [5.41, 5.74) is 1.23. The lowest BCUT2D eigenvalue weighted by molar-refractivity contribution is -0.0181. The number of fused-ring (bicyclic) bond motifs is 1. The highest BCUT2D eigenvalue weighted by Gasteiger charge is 2.35. The zero-order valence-electron chi connectivity index (χ0n) is 14.7. The van der Waals surface area contributed by atoms with Crippen molar-refractivity contribution in [2.45, 2.75) is 38.2 Å². The maximum atomic E-state index is 12.5. The number of aliphatic hydroxyl groups is 1. The first-order valence-electron chi connectivity index (χ1n) is 8.79. The molecule has 27 heavy (non-hydrogen) atoms. The molecule has 0 spiro atoms. The van der Waals surface area contributed by atoms with Crippen molar-refractivity contribution in [3.63, 3.8) is 0 Å². The van der Waals surface area contributed by atoms with Gasteiger partial charge >= 0.3 is 0 Å². The predicted octanol–water partition coefficient (Wildman–Crippen LogP) is 3.35. The zero-order valence-corrected chi connectivity index (χ0v) is 16.8. The Bertz CT molecular complexity index is 976. The standard InChI is InChI=1S/C19H19IN4O3/c1-2-14-13(25)8-15(27-14)24-9-12(20)16-17(21-10-22-18(16)24)23-19(26)11-6-4-3-5-7-11/h3-7,9-10,13-15,25H,2,8H2,1H3,(H,21,22,23,26)/t13-,14-,15-/m1/s1. The van der Waals surface area contributed by atoms with Gasteiger partial charge in [-0.1, -0.05) is 25.1 Å². The van der Waals surface area contributed by atoms with E-state index in [1.165, 1.54) is 6.33 Å². The zero-order chi connectivity index (χ0) is 19.0. The van der Waals surface area contributed by atoms with E-state index in [1.54, 1.807) is 12.1 Å². The van der Waals surface area contributed by atoms with Crippen LogP contribution in [0.25, 0.3) is 11.0 Å². The highest BCUT2D eigenvalue weighted by atomic mass is 127. The smallest absolute Gasteiger partial charge is 0.256 e. The van der Waals surface area contributed by atoms with Crippen molar-refractivity contribution < 1.29 is 14.6 Å². The second kappa shape index (κ2) is 7.53. The van der Waals surface area contributed by atoms with Crippen molar-refractivity contribution >= 4 is 45.3 Å². The van der Waals surface area contributed by atoms with Gasteiger partial charge in [-0.05, 0) is 41.1 Å². The van der Waals surface area contributed by atoms with Crippen LogP contribution >= 0.6 is 22.6 Å². The Morgan fingerprint density at radius 1 is 1.37 bits per heavy atom. The second-order valence-corrected chi connectivity index (χ2v) is 7.63. The molecule has 0 aliphatic carbocycles. The molecular formula is C19H19IN4O3. The first-order chi connectivity index (χ1) is 13.1. The Morgan fingerprint density at radius 3 is 2.85 bits per heavy atom. The van der Waals surface area contributed by atoms with Crippen LogP contribution in [-0.2, 0) is 4.74 Å². The van der Waals surface area contributed by atoms with Gasteiger partial charge in [0.2, 0.25) is 0 Å². The molecule has 8 heteroatoms. The first-order valence-corrected chi connectivity index (χ1v) is 9.87. The third kappa shape index (κ3) is 3.44. The molecule has 1 aromatic carbocycles. The molecule has 2 N–H and O–H groups in total. The molecule has 7 nitrogen and oxygen atoms in total. The van der Waals surface area contributed by atoms with Crippen molar-refractivity contribution in [3.05, 3.63) is 52.0 Å². The van der Waals surface area contributed by atoms with Crippen LogP contribution in [0.2, 0.25) is 0 Å². The molecule has 1 aliphatic heterocycles. The summed E-state index contributed by atoms with van der Waals surface area (Å²) < 4.78 is 8.80. The molecule has 0 bridgehead atoms. The fourth-order valence-corrected chi connectivity index (χ4v) is 4.17. The number of hydrogen-bond acceptors (Lipinski definition) is 5. The fourth-order valence-electron chi connectivity index (χ4n) is 3.38. The second-order valence-electron chi connectivity index (χ2n) is 6.47. The van der Waals surface area contributed by atoms with E-state index in [-0.39, 0.29) is 18.2 Å². The van der Waals surface area contributed by atoms with Crippen molar-refractivity contribution in [1.82, 2.24) is 14.5 Å². The normalized spacial score (nSPS) is 22.3. The van der Waals surface area contributed by atoms with Crippen molar-refractivity contribution in [2.24, 2.45) is 0 Å². The Morgan fingerprint density at radius 2 is 2.15 bits per heavy atom. The number of aliphatic hydroxyl groups excluding tert-OH is 1. The summed E-state index contributed by atoms with van der Waals surface area (Å²) in [6, 6.07) is 9.00. The molecule has 2 aromatic heterocycles. The average molecular weight is 478 g/mol. The monoisotopic (exact) mass is 478 g/mol. The van der Waals surface area contributed by atoms with E-state index in [0.29, 0.717) is 23.4 Å². The maximum absolute atomic E-state index is 12.5. The van der Waals surface area contributed by atoms with E-state index in [0.717, 1.165) is 15.4 Å². The summed E-state index contributed by atoms with van der Waals surface area (Å²) in [6.07, 6.45) is 3.66. The Kier molecular flexibility index (Phi) is 5.11. The quantitative estimate of drug-likeness (QED) is 0.562. The summed E-state index contributed by atoms with van der Waals surface area (Å²) in [7, 11) is 0. The number of nitrogens with one attached hydrogen (secondary N) is 1. The van der Waals surface area contributed by atoms with Crippen LogP contribution in [0.5, 0.6) is 0 Å². The molecule has 0 saturated carbocycles. The lowest BCUT2D eigenvalue weighted by Crippen LogP contribution is -2.19.